The average molecular weight is 277 g/mol. The van der Waals surface area contributed by atoms with Crippen LogP contribution < -0.4 is 16.4 Å². The van der Waals surface area contributed by atoms with Gasteiger partial charge in [-0.25, -0.2) is 4.79 Å². The minimum Gasteiger partial charge on any atom is -0.352 e. The Kier molecular flexibility index (Phi) is 5.55. The van der Waals surface area contributed by atoms with Crippen LogP contribution in [0, 0.1) is 19.8 Å². The van der Waals surface area contributed by atoms with Crippen LogP contribution in [0.25, 0.3) is 0 Å². The lowest BCUT2D eigenvalue weighted by molar-refractivity contribution is -0.119. The van der Waals surface area contributed by atoms with Gasteiger partial charge in [0.05, 0.1) is 0 Å². The van der Waals surface area contributed by atoms with E-state index in [1.54, 1.807) is 0 Å². The predicted molar refractivity (Wildman–Crippen MR) is 80.5 cm³/mol. The van der Waals surface area contributed by atoms with Crippen molar-refractivity contribution in [2.45, 2.75) is 40.2 Å². The van der Waals surface area contributed by atoms with Gasteiger partial charge < -0.3 is 16.4 Å². The summed E-state index contributed by atoms with van der Waals surface area (Å²) < 4.78 is 0. The van der Waals surface area contributed by atoms with E-state index in [9.17, 15) is 9.59 Å². The Labute approximate surface area is 119 Å². The SMILES string of the molecule is CCC(C)C(NC(N)=O)C(=O)Nc1cc(C)cc(C)c1. The number of benzene rings is 1. The summed E-state index contributed by atoms with van der Waals surface area (Å²) in [7, 11) is 0. The second-order valence-corrected chi connectivity index (χ2v) is 5.24. The molecule has 3 amide bonds. The minimum absolute atomic E-state index is 0.00778. The fraction of sp³-hybridized carbons (Fsp3) is 0.467. The van der Waals surface area contributed by atoms with E-state index in [-0.39, 0.29) is 11.8 Å². The fourth-order valence-electron chi connectivity index (χ4n) is 2.12. The lowest BCUT2D eigenvalue weighted by Crippen LogP contribution is -2.49. The molecule has 0 spiro atoms. The number of carbonyl (C=O) groups excluding carboxylic acids is 2. The van der Waals surface area contributed by atoms with Crippen molar-refractivity contribution in [2.75, 3.05) is 5.32 Å². The molecule has 5 heteroatoms. The van der Waals surface area contributed by atoms with Crippen LogP contribution in [0.1, 0.15) is 31.4 Å². The Morgan fingerprint density at radius 2 is 1.75 bits per heavy atom. The summed E-state index contributed by atoms with van der Waals surface area (Å²) in [6.45, 7) is 7.80. The second kappa shape index (κ2) is 6.93. The van der Waals surface area contributed by atoms with E-state index in [4.69, 9.17) is 5.73 Å². The maximum absolute atomic E-state index is 12.3. The van der Waals surface area contributed by atoms with Crippen molar-refractivity contribution >= 4 is 17.6 Å². The second-order valence-electron chi connectivity index (χ2n) is 5.24. The lowest BCUT2D eigenvalue weighted by Gasteiger charge is -2.22. The summed E-state index contributed by atoms with van der Waals surface area (Å²) >= 11 is 0. The van der Waals surface area contributed by atoms with Crippen molar-refractivity contribution in [1.82, 2.24) is 5.32 Å². The van der Waals surface area contributed by atoms with Crippen molar-refractivity contribution in [2.24, 2.45) is 11.7 Å². The number of urea groups is 1. The molecule has 0 fully saturated rings. The molecule has 0 saturated heterocycles. The highest BCUT2D eigenvalue weighted by molar-refractivity contribution is 5.97. The summed E-state index contributed by atoms with van der Waals surface area (Å²) in [5, 5.41) is 5.34. The molecule has 1 rings (SSSR count). The normalized spacial score (nSPS) is 13.4. The van der Waals surface area contributed by atoms with Crippen LogP contribution in [0.3, 0.4) is 0 Å². The standard InChI is InChI=1S/C15H23N3O2/c1-5-11(4)13(18-15(16)20)14(19)17-12-7-9(2)6-10(3)8-12/h6-8,11,13H,5H2,1-4H3,(H,17,19)(H3,16,18,20). The summed E-state index contributed by atoms with van der Waals surface area (Å²) in [6.07, 6.45) is 0.769. The zero-order chi connectivity index (χ0) is 15.3. The molecule has 0 aliphatic rings. The zero-order valence-corrected chi connectivity index (χ0v) is 12.5. The smallest absolute Gasteiger partial charge is 0.312 e. The summed E-state index contributed by atoms with van der Waals surface area (Å²) in [5.41, 5.74) is 8.01. The Balaban J connectivity index is 2.87. The van der Waals surface area contributed by atoms with E-state index in [0.717, 1.165) is 23.2 Å². The molecule has 110 valence electrons. The largest absolute Gasteiger partial charge is 0.352 e. The van der Waals surface area contributed by atoms with E-state index < -0.39 is 12.1 Å². The molecule has 5 nitrogen and oxygen atoms in total. The van der Waals surface area contributed by atoms with Gasteiger partial charge in [0, 0.05) is 5.69 Å². The molecule has 2 unspecified atom stereocenters. The number of nitrogens with one attached hydrogen (secondary N) is 2. The molecule has 0 radical (unpaired) electrons. The first-order valence-corrected chi connectivity index (χ1v) is 6.78. The number of nitrogens with two attached hydrogens (primary N) is 1. The molecular formula is C15H23N3O2. The van der Waals surface area contributed by atoms with E-state index in [1.807, 2.05) is 45.9 Å². The number of anilines is 1. The van der Waals surface area contributed by atoms with Crippen LogP contribution in [-0.4, -0.2) is 18.0 Å². The van der Waals surface area contributed by atoms with Crippen LogP contribution in [0.2, 0.25) is 0 Å². The predicted octanol–water partition coefficient (Wildman–Crippen LogP) is 2.32. The summed E-state index contributed by atoms with van der Waals surface area (Å²) in [4.78, 5) is 23.3. The molecule has 0 heterocycles. The lowest BCUT2D eigenvalue weighted by atomic mass is 9.98. The number of hydrogen-bond donors (Lipinski definition) is 3. The molecule has 1 aromatic rings. The van der Waals surface area contributed by atoms with E-state index >= 15 is 0 Å². The Bertz CT molecular complexity index is 480. The molecule has 20 heavy (non-hydrogen) atoms. The minimum atomic E-state index is -0.689. The van der Waals surface area contributed by atoms with Crippen LogP contribution in [0.5, 0.6) is 0 Å². The van der Waals surface area contributed by atoms with Gasteiger partial charge in [0.2, 0.25) is 5.91 Å². The third kappa shape index (κ3) is 4.57. The van der Waals surface area contributed by atoms with Crippen LogP contribution in [0.4, 0.5) is 10.5 Å². The van der Waals surface area contributed by atoms with Crippen molar-refractivity contribution in [3.63, 3.8) is 0 Å². The third-order valence-corrected chi connectivity index (χ3v) is 3.28. The molecule has 1 aromatic carbocycles. The highest BCUT2D eigenvalue weighted by Crippen LogP contribution is 2.16. The van der Waals surface area contributed by atoms with E-state index in [2.05, 4.69) is 10.6 Å². The van der Waals surface area contributed by atoms with Gasteiger partial charge in [0.25, 0.3) is 0 Å². The maximum atomic E-state index is 12.3. The molecular weight excluding hydrogens is 254 g/mol. The molecule has 4 N–H and O–H groups in total. The Hall–Kier alpha value is -2.04. The Morgan fingerprint density at radius 3 is 2.20 bits per heavy atom. The van der Waals surface area contributed by atoms with Crippen molar-refractivity contribution in [3.8, 4) is 0 Å². The number of rotatable bonds is 5. The van der Waals surface area contributed by atoms with E-state index in [1.165, 1.54) is 0 Å². The van der Waals surface area contributed by atoms with Gasteiger partial charge in [0.1, 0.15) is 6.04 Å². The topological polar surface area (TPSA) is 84.2 Å². The summed E-state index contributed by atoms with van der Waals surface area (Å²) in [6, 6.07) is 4.50. The van der Waals surface area contributed by atoms with Crippen molar-refractivity contribution in [3.05, 3.63) is 29.3 Å². The molecule has 0 saturated carbocycles. The van der Waals surface area contributed by atoms with Gasteiger partial charge in [-0.05, 0) is 43.0 Å². The number of primary amides is 1. The zero-order valence-electron chi connectivity index (χ0n) is 12.5. The molecule has 0 bridgehead atoms. The van der Waals surface area contributed by atoms with Gasteiger partial charge >= 0.3 is 6.03 Å². The van der Waals surface area contributed by atoms with Crippen LogP contribution >= 0.6 is 0 Å². The van der Waals surface area contributed by atoms with Crippen LogP contribution in [0.15, 0.2) is 18.2 Å². The monoisotopic (exact) mass is 277 g/mol. The molecule has 0 aromatic heterocycles. The molecule has 0 aliphatic heterocycles. The van der Waals surface area contributed by atoms with Gasteiger partial charge in [-0.3, -0.25) is 4.79 Å². The molecule has 2 atom stereocenters. The number of carbonyl (C=O) groups is 2. The first-order valence-electron chi connectivity index (χ1n) is 6.78. The Morgan fingerprint density at radius 1 is 1.20 bits per heavy atom. The fourth-order valence-corrected chi connectivity index (χ4v) is 2.12. The summed E-state index contributed by atoms with van der Waals surface area (Å²) in [5.74, 6) is -0.239. The average Bonchev–Trinajstić information content (AvgIpc) is 2.33. The van der Waals surface area contributed by atoms with Gasteiger partial charge in [-0.15, -0.1) is 0 Å². The highest BCUT2D eigenvalue weighted by Gasteiger charge is 2.25. The maximum Gasteiger partial charge on any atom is 0.312 e. The van der Waals surface area contributed by atoms with Crippen molar-refractivity contribution < 1.29 is 9.59 Å². The van der Waals surface area contributed by atoms with E-state index in [0.29, 0.717) is 0 Å². The van der Waals surface area contributed by atoms with Crippen molar-refractivity contribution in [1.29, 1.82) is 0 Å². The van der Waals surface area contributed by atoms with Crippen LogP contribution in [-0.2, 0) is 4.79 Å². The van der Waals surface area contributed by atoms with Gasteiger partial charge in [0.15, 0.2) is 0 Å². The molecule has 0 aliphatic carbocycles. The third-order valence-electron chi connectivity index (χ3n) is 3.28. The quantitative estimate of drug-likeness (QED) is 0.771. The van der Waals surface area contributed by atoms with Gasteiger partial charge in [-0.1, -0.05) is 26.3 Å². The number of hydrogen-bond acceptors (Lipinski definition) is 2. The first-order chi connectivity index (χ1) is 9.33. The first kappa shape index (κ1) is 16.0. The number of amides is 3. The highest BCUT2D eigenvalue weighted by atomic mass is 16.2. The van der Waals surface area contributed by atoms with Gasteiger partial charge in [-0.2, -0.15) is 0 Å². The number of aryl methyl sites for hydroxylation is 2.